The SMILES string of the molecule is CCN(CC)c1nc(NCc2cccc(CN=C(N)N)c2)nc(NCc2cccc(CN=C(N)N)c2)n1. The summed E-state index contributed by atoms with van der Waals surface area (Å²) in [6.07, 6.45) is 0. The fourth-order valence-electron chi connectivity index (χ4n) is 3.57. The average Bonchev–Trinajstić information content (AvgIpc) is 2.89. The number of hydrogen-bond acceptors (Lipinski definition) is 8. The number of rotatable bonds is 13. The number of nitrogens with one attached hydrogen (secondary N) is 2. The largest absolute Gasteiger partial charge is 0.370 e. The molecule has 0 aliphatic heterocycles. The van der Waals surface area contributed by atoms with E-state index >= 15 is 0 Å². The van der Waals surface area contributed by atoms with Gasteiger partial charge < -0.3 is 38.5 Å². The summed E-state index contributed by atoms with van der Waals surface area (Å²) in [6, 6.07) is 16.0. The molecule has 0 spiro atoms. The molecule has 12 heteroatoms. The zero-order valence-corrected chi connectivity index (χ0v) is 21.4. The number of nitrogens with two attached hydrogens (primary N) is 4. The molecule has 0 fully saturated rings. The lowest BCUT2D eigenvalue weighted by molar-refractivity contribution is 0.810. The van der Waals surface area contributed by atoms with Crippen molar-refractivity contribution in [3.05, 3.63) is 70.8 Å². The number of nitrogens with zero attached hydrogens (tertiary/aromatic N) is 6. The quantitative estimate of drug-likeness (QED) is 0.147. The van der Waals surface area contributed by atoms with Gasteiger partial charge in [0, 0.05) is 26.2 Å². The second kappa shape index (κ2) is 13.5. The lowest BCUT2D eigenvalue weighted by atomic mass is 10.1. The van der Waals surface area contributed by atoms with Crippen molar-refractivity contribution in [2.24, 2.45) is 32.9 Å². The van der Waals surface area contributed by atoms with Crippen molar-refractivity contribution < 1.29 is 0 Å². The number of guanidine groups is 2. The molecule has 0 aliphatic rings. The van der Waals surface area contributed by atoms with Gasteiger partial charge in [0.15, 0.2) is 11.9 Å². The highest BCUT2D eigenvalue weighted by atomic mass is 15.3. The van der Waals surface area contributed by atoms with Gasteiger partial charge in [-0.3, -0.25) is 0 Å². The Bertz CT molecular complexity index is 1130. The van der Waals surface area contributed by atoms with E-state index in [-0.39, 0.29) is 11.9 Å². The van der Waals surface area contributed by atoms with Crippen LogP contribution in [0.5, 0.6) is 0 Å². The van der Waals surface area contributed by atoms with E-state index in [1.807, 2.05) is 48.5 Å². The summed E-state index contributed by atoms with van der Waals surface area (Å²) in [6.45, 7) is 7.60. The molecule has 0 radical (unpaired) electrons. The number of aliphatic imine (C=N–C) groups is 2. The van der Waals surface area contributed by atoms with Gasteiger partial charge in [0.2, 0.25) is 17.8 Å². The highest BCUT2D eigenvalue weighted by Gasteiger charge is 2.12. The standard InChI is InChI=1S/C25H36N12/c1-3-37(4-2)25-35-23(32-15-19-9-5-7-17(11-19)13-30-21(26)27)34-24(36-25)33-16-20-10-6-8-18(12-20)14-31-22(28)29/h5-12H,3-4,13-16H2,1-2H3,(H4,26,27,30)(H4,28,29,31)(H2,32,33,34,35,36). The monoisotopic (exact) mass is 504 g/mol. The molecule has 1 aromatic heterocycles. The van der Waals surface area contributed by atoms with Crippen molar-refractivity contribution in [1.82, 2.24) is 15.0 Å². The number of benzene rings is 2. The normalized spacial score (nSPS) is 10.4. The third kappa shape index (κ3) is 8.84. The zero-order valence-electron chi connectivity index (χ0n) is 21.4. The van der Waals surface area contributed by atoms with E-state index in [4.69, 9.17) is 22.9 Å². The molecule has 0 atom stereocenters. The fraction of sp³-hybridized carbons (Fsp3) is 0.320. The predicted molar refractivity (Wildman–Crippen MR) is 150 cm³/mol. The molecule has 0 amide bonds. The predicted octanol–water partition coefficient (Wildman–Crippen LogP) is 1.49. The van der Waals surface area contributed by atoms with Gasteiger partial charge in [-0.2, -0.15) is 15.0 Å². The Morgan fingerprint density at radius 1 is 0.703 bits per heavy atom. The van der Waals surface area contributed by atoms with Crippen LogP contribution in [0.2, 0.25) is 0 Å². The lowest BCUT2D eigenvalue weighted by Gasteiger charge is -2.20. The first-order valence-corrected chi connectivity index (χ1v) is 12.1. The van der Waals surface area contributed by atoms with Crippen LogP contribution in [0.3, 0.4) is 0 Å². The molecule has 196 valence electrons. The Labute approximate surface area is 217 Å². The van der Waals surface area contributed by atoms with E-state index in [0.717, 1.165) is 35.3 Å². The molecule has 3 rings (SSSR count). The summed E-state index contributed by atoms with van der Waals surface area (Å²) in [5, 5.41) is 6.64. The van der Waals surface area contributed by atoms with Crippen LogP contribution in [-0.2, 0) is 26.2 Å². The zero-order chi connectivity index (χ0) is 26.6. The summed E-state index contributed by atoms with van der Waals surface area (Å²) < 4.78 is 0. The molecule has 3 aromatic rings. The minimum atomic E-state index is 0.0677. The molecule has 10 N–H and O–H groups in total. The van der Waals surface area contributed by atoms with Crippen LogP contribution >= 0.6 is 0 Å². The molecule has 0 unspecified atom stereocenters. The summed E-state index contributed by atoms with van der Waals surface area (Å²) in [5.41, 5.74) is 25.9. The second-order valence-electron chi connectivity index (χ2n) is 8.28. The Balaban J connectivity index is 1.75. The topological polar surface area (TPSA) is 195 Å². The van der Waals surface area contributed by atoms with Crippen molar-refractivity contribution in [3.8, 4) is 0 Å². The smallest absolute Gasteiger partial charge is 0.231 e. The van der Waals surface area contributed by atoms with Crippen LogP contribution in [0.1, 0.15) is 36.1 Å². The van der Waals surface area contributed by atoms with Crippen molar-refractivity contribution in [2.75, 3.05) is 28.6 Å². The Morgan fingerprint density at radius 2 is 1.14 bits per heavy atom. The third-order valence-electron chi connectivity index (χ3n) is 5.44. The average molecular weight is 505 g/mol. The summed E-state index contributed by atoms with van der Waals surface area (Å²) in [4.78, 5) is 24.1. The van der Waals surface area contributed by atoms with Crippen LogP contribution in [0, 0.1) is 0 Å². The van der Waals surface area contributed by atoms with Crippen LogP contribution in [-0.4, -0.2) is 40.0 Å². The Kier molecular flexibility index (Phi) is 9.82. The summed E-state index contributed by atoms with van der Waals surface area (Å²) in [7, 11) is 0. The Hall–Kier alpha value is -4.61. The molecule has 0 aliphatic carbocycles. The number of anilines is 3. The van der Waals surface area contributed by atoms with Crippen molar-refractivity contribution in [1.29, 1.82) is 0 Å². The molecule has 0 bridgehead atoms. The van der Waals surface area contributed by atoms with Crippen molar-refractivity contribution in [2.45, 2.75) is 40.0 Å². The van der Waals surface area contributed by atoms with E-state index < -0.39 is 0 Å². The van der Waals surface area contributed by atoms with Gasteiger partial charge in [-0.05, 0) is 36.1 Å². The highest BCUT2D eigenvalue weighted by Crippen LogP contribution is 2.16. The molecule has 1 heterocycles. The van der Waals surface area contributed by atoms with Crippen LogP contribution in [0.25, 0.3) is 0 Å². The van der Waals surface area contributed by atoms with Crippen molar-refractivity contribution >= 4 is 29.8 Å². The number of aromatic nitrogens is 3. The Morgan fingerprint density at radius 3 is 1.54 bits per heavy atom. The second-order valence-corrected chi connectivity index (χ2v) is 8.28. The van der Waals surface area contributed by atoms with Gasteiger partial charge in [-0.25, -0.2) is 9.98 Å². The molecular formula is C25H36N12. The maximum Gasteiger partial charge on any atom is 0.231 e. The summed E-state index contributed by atoms with van der Waals surface area (Å²) in [5.74, 6) is 1.70. The van der Waals surface area contributed by atoms with Gasteiger partial charge in [-0.1, -0.05) is 48.5 Å². The van der Waals surface area contributed by atoms with Gasteiger partial charge in [0.1, 0.15) is 0 Å². The minimum absolute atomic E-state index is 0.0677. The van der Waals surface area contributed by atoms with E-state index in [0.29, 0.717) is 44.0 Å². The first-order valence-electron chi connectivity index (χ1n) is 12.1. The lowest BCUT2D eigenvalue weighted by Crippen LogP contribution is -2.25. The van der Waals surface area contributed by atoms with Gasteiger partial charge in [-0.15, -0.1) is 0 Å². The van der Waals surface area contributed by atoms with E-state index in [9.17, 15) is 0 Å². The van der Waals surface area contributed by atoms with Crippen LogP contribution < -0.4 is 38.5 Å². The van der Waals surface area contributed by atoms with Crippen molar-refractivity contribution in [3.63, 3.8) is 0 Å². The molecule has 0 saturated carbocycles. The van der Waals surface area contributed by atoms with Crippen LogP contribution in [0.15, 0.2) is 58.5 Å². The van der Waals surface area contributed by atoms with E-state index in [1.54, 1.807) is 0 Å². The van der Waals surface area contributed by atoms with Gasteiger partial charge in [0.25, 0.3) is 0 Å². The molecule has 12 nitrogen and oxygen atoms in total. The van der Waals surface area contributed by atoms with Gasteiger partial charge >= 0.3 is 0 Å². The third-order valence-corrected chi connectivity index (χ3v) is 5.44. The highest BCUT2D eigenvalue weighted by molar-refractivity contribution is 5.76. The fourth-order valence-corrected chi connectivity index (χ4v) is 3.57. The number of hydrogen-bond donors (Lipinski definition) is 6. The molecule has 2 aromatic carbocycles. The maximum absolute atomic E-state index is 5.45. The summed E-state index contributed by atoms with van der Waals surface area (Å²) >= 11 is 0. The van der Waals surface area contributed by atoms with Gasteiger partial charge in [0.05, 0.1) is 13.1 Å². The molecule has 37 heavy (non-hydrogen) atoms. The van der Waals surface area contributed by atoms with E-state index in [2.05, 4.69) is 54.3 Å². The van der Waals surface area contributed by atoms with Crippen LogP contribution in [0.4, 0.5) is 17.8 Å². The van der Waals surface area contributed by atoms with E-state index in [1.165, 1.54) is 0 Å². The first-order chi connectivity index (χ1) is 17.9. The maximum atomic E-state index is 5.45. The molecular weight excluding hydrogens is 468 g/mol. The first kappa shape index (κ1) is 27.0. The minimum Gasteiger partial charge on any atom is -0.370 e. The molecule has 0 saturated heterocycles.